The second-order valence-corrected chi connectivity index (χ2v) is 4.27. The molecule has 1 nitrogen and oxygen atoms in total. The van der Waals surface area contributed by atoms with Crippen LogP contribution < -0.4 is 4.74 Å². The van der Waals surface area contributed by atoms with Gasteiger partial charge in [0.2, 0.25) is 0 Å². The van der Waals surface area contributed by atoms with E-state index in [0.717, 1.165) is 17.7 Å². The van der Waals surface area contributed by atoms with Crippen LogP contribution in [0.25, 0.3) is 6.08 Å². The topological polar surface area (TPSA) is 9.23 Å². The minimum atomic E-state index is 0.135. The average molecular weight is 202 g/mol. The number of ether oxygens (including phenoxy) is 1. The van der Waals surface area contributed by atoms with Gasteiger partial charge in [0.05, 0.1) is 0 Å². The Balaban J connectivity index is 2.06. The molecule has 0 N–H and O–H groups in total. The Kier molecular flexibility index (Phi) is 2.81. The van der Waals surface area contributed by atoms with Gasteiger partial charge in [0.25, 0.3) is 0 Å². The summed E-state index contributed by atoms with van der Waals surface area (Å²) < 4.78 is 6.05. The molecular weight excluding hydrogens is 184 g/mol. The maximum atomic E-state index is 6.05. The van der Waals surface area contributed by atoms with Gasteiger partial charge in [-0.25, -0.2) is 0 Å². The van der Waals surface area contributed by atoms with E-state index in [1.165, 1.54) is 19.3 Å². The third kappa shape index (κ3) is 2.06. The maximum absolute atomic E-state index is 6.05. The predicted octanol–water partition coefficient (Wildman–Crippen LogP) is 4.04. The van der Waals surface area contributed by atoms with Gasteiger partial charge in [0.15, 0.2) is 0 Å². The van der Waals surface area contributed by atoms with Crippen LogP contribution in [0.2, 0.25) is 0 Å². The molecule has 80 valence electrons. The Labute approximate surface area is 91.8 Å². The summed E-state index contributed by atoms with van der Waals surface area (Å²) in [5.41, 5.74) is 1.27. The summed E-state index contributed by atoms with van der Waals surface area (Å²) in [5.74, 6) is 0.988. The highest BCUT2D eigenvalue weighted by atomic mass is 16.5. The zero-order valence-corrected chi connectivity index (χ0v) is 9.33. The molecule has 0 atom stereocenters. The molecule has 0 aliphatic heterocycles. The minimum absolute atomic E-state index is 0.135. The zero-order chi connectivity index (χ0) is 10.7. The van der Waals surface area contributed by atoms with Gasteiger partial charge in [-0.2, -0.15) is 0 Å². The van der Waals surface area contributed by atoms with Crippen LogP contribution in [0.1, 0.15) is 38.2 Å². The third-order valence-corrected chi connectivity index (χ3v) is 3.36. The second-order valence-electron chi connectivity index (χ2n) is 4.27. The number of benzene rings is 1. The quantitative estimate of drug-likeness (QED) is 0.716. The Morgan fingerprint density at radius 1 is 1.33 bits per heavy atom. The van der Waals surface area contributed by atoms with Crippen LogP contribution in [-0.2, 0) is 0 Å². The Bertz CT molecular complexity index is 327. The van der Waals surface area contributed by atoms with Crippen LogP contribution in [-0.4, -0.2) is 5.60 Å². The van der Waals surface area contributed by atoms with Crippen molar-refractivity contribution in [2.75, 3.05) is 0 Å². The molecule has 0 heterocycles. The SMILES string of the molecule is C=Cc1ccc(OC2(CC)CCC2)cc1. The molecule has 0 amide bonds. The van der Waals surface area contributed by atoms with E-state index >= 15 is 0 Å². The van der Waals surface area contributed by atoms with Crippen LogP contribution in [0.15, 0.2) is 30.8 Å². The normalized spacial score (nSPS) is 17.9. The van der Waals surface area contributed by atoms with Crippen molar-refractivity contribution in [2.24, 2.45) is 0 Å². The fourth-order valence-electron chi connectivity index (χ4n) is 2.02. The van der Waals surface area contributed by atoms with Crippen molar-refractivity contribution < 1.29 is 4.74 Å². The van der Waals surface area contributed by atoms with E-state index in [9.17, 15) is 0 Å². The van der Waals surface area contributed by atoms with Crippen LogP contribution in [0.4, 0.5) is 0 Å². The highest BCUT2D eigenvalue weighted by molar-refractivity contribution is 5.48. The van der Waals surface area contributed by atoms with E-state index in [1.54, 1.807) is 0 Å². The summed E-state index contributed by atoms with van der Waals surface area (Å²) in [6.45, 7) is 5.94. The first-order valence-corrected chi connectivity index (χ1v) is 5.69. The molecule has 1 fully saturated rings. The highest BCUT2D eigenvalue weighted by Gasteiger charge is 2.37. The summed E-state index contributed by atoms with van der Waals surface area (Å²) in [4.78, 5) is 0. The van der Waals surface area contributed by atoms with E-state index in [4.69, 9.17) is 4.74 Å². The van der Waals surface area contributed by atoms with Crippen LogP contribution in [0.5, 0.6) is 5.75 Å². The van der Waals surface area contributed by atoms with Crippen molar-refractivity contribution in [3.8, 4) is 5.75 Å². The number of hydrogen-bond acceptors (Lipinski definition) is 1. The molecule has 15 heavy (non-hydrogen) atoms. The molecule has 1 heteroatoms. The fourth-order valence-corrected chi connectivity index (χ4v) is 2.02. The van der Waals surface area contributed by atoms with Crippen LogP contribution in [0.3, 0.4) is 0 Å². The summed E-state index contributed by atoms with van der Waals surface area (Å²) >= 11 is 0. The number of rotatable bonds is 4. The van der Waals surface area contributed by atoms with Crippen molar-refractivity contribution in [3.05, 3.63) is 36.4 Å². The van der Waals surface area contributed by atoms with E-state index in [1.807, 2.05) is 30.3 Å². The van der Waals surface area contributed by atoms with Crippen LogP contribution in [0, 0.1) is 0 Å². The van der Waals surface area contributed by atoms with Crippen molar-refractivity contribution >= 4 is 6.08 Å². The fraction of sp³-hybridized carbons (Fsp3) is 0.429. The Morgan fingerprint density at radius 2 is 2.00 bits per heavy atom. The van der Waals surface area contributed by atoms with Gasteiger partial charge in [-0.3, -0.25) is 0 Å². The van der Waals surface area contributed by atoms with Gasteiger partial charge in [0.1, 0.15) is 11.4 Å². The molecule has 1 aromatic carbocycles. The molecule has 0 aromatic heterocycles. The van der Waals surface area contributed by atoms with Crippen molar-refractivity contribution in [1.29, 1.82) is 0 Å². The summed E-state index contributed by atoms with van der Waals surface area (Å²) in [6.07, 6.45) is 6.66. The Hall–Kier alpha value is -1.24. The lowest BCUT2D eigenvalue weighted by atomic mass is 9.78. The predicted molar refractivity (Wildman–Crippen MR) is 64.0 cm³/mol. The first-order valence-electron chi connectivity index (χ1n) is 5.69. The van der Waals surface area contributed by atoms with E-state index in [-0.39, 0.29) is 5.60 Å². The van der Waals surface area contributed by atoms with Gasteiger partial charge in [0, 0.05) is 0 Å². The summed E-state index contributed by atoms with van der Waals surface area (Å²) in [7, 11) is 0. The van der Waals surface area contributed by atoms with E-state index < -0.39 is 0 Å². The van der Waals surface area contributed by atoms with Gasteiger partial charge in [-0.15, -0.1) is 0 Å². The van der Waals surface area contributed by atoms with Crippen molar-refractivity contribution in [2.45, 2.75) is 38.2 Å². The summed E-state index contributed by atoms with van der Waals surface area (Å²) in [6, 6.07) is 8.16. The van der Waals surface area contributed by atoms with Crippen molar-refractivity contribution in [3.63, 3.8) is 0 Å². The first kappa shape index (κ1) is 10.3. The Morgan fingerprint density at radius 3 is 2.40 bits per heavy atom. The molecular formula is C14H18O. The smallest absolute Gasteiger partial charge is 0.120 e. The molecule has 0 unspecified atom stereocenters. The highest BCUT2D eigenvalue weighted by Crippen LogP contribution is 2.39. The monoisotopic (exact) mass is 202 g/mol. The standard InChI is InChI=1S/C14H18O/c1-3-12-6-8-13(9-7-12)15-14(4-2)10-5-11-14/h3,6-9H,1,4-5,10-11H2,2H3. The molecule has 2 rings (SSSR count). The molecule has 0 saturated heterocycles. The molecule has 0 bridgehead atoms. The van der Waals surface area contributed by atoms with E-state index in [2.05, 4.69) is 13.5 Å². The first-order chi connectivity index (χ1) is 7.28. The molecule has 1 saturated carbocycles. The van der Waals surface area contributed by atoms with Gasteiger partial charge in [-0.1, -0.05) is 31.7 Å². The van der Waals surface area contributed by atoms with Crippen LogP contribution >= 0.6 is 0 Å². The molecule has 1 aliphatic rings. The van der Waals surface area contributed by atoms with Gasteiger partial charge in [-0.05, 0) is 43.4 Å². The van der Waals surface area contributed by atoms with Gasteiger partial charge < -0.3 is 4.74 Å². The van der Waals surface area contributed by atoms with Crippen molar-refractivity contribution in [1.82, 2.24) is 0 Å². The lowest BCUT2D eigenvalue weighted by Crippen LogP contribution is -2.42. The minimum Gasteiger partial charge on any atom is -0.487 e. The number of hydrogen-bond donors (Lipinski definition) is 0. The maximum Gasteiger partial charge on any atom is 0.120 e. The molecule has 0 spiro atoms. The molecule has 1 aliphatic carbocycles. The zero-order valence-electron chi connectivity index (χ0n) is 9.33. The third-order valence-electron chi connectivity index (χ3n) is 3.36. The van der Waals surface area contributed by atoms with E-state index in [0.29, 0.717) is 0 Å². The summed E-state index contributed by atoms with van der Waals surface area (Å²) in [5, 5.41) is 0. The second kappa shape index (κ2) is 4.09. The largest absolute Gasteiger partial charge is 0.487 e. The molecule has 1 aromatic rings. The lowest BCUT2D eigenvalue weighted by Gasteiger charge is -2.41. The molecule has 0 radical (unpaired) electrons. The average Bonchev–Trinajstić information content (AvgIpc) is 2.24. The lowest BCUT2D eigenvalue weighted by molar-refractivity contribution is -0.0104. The van der Waals surface area contributed by atoms with Gasteiger partial charge >= 0.3 is 0 Å².